The van der Waals surface area contributed by atoms with E-state index < -0.39 is 0 Å². The van der Waals surface area contributed by atoms with Crippen LogP contribution in [0.4, 0.5) is 0 Å². The van der Waals surface area contributed by atoms with Crippen LogP contribution in [0.5, 0.6) is 5.75 Å². The number of ether oxygens (including phenoxy) is 1. The van der Waals surface area contributed by atoms with Crippen LogP contribution in [0.15, 0.2) is 24.3 Å². The first-order valence-electron chi connectivity index (χ1n) is 7.35. The van der Waals surface area contributed by atoms with Crippen molar-refractivity contribution in [1.29, 1.82) is 0 Å². The summed E-state index contributed by atoms with van der Waals surface area (Å²) in [5.41, 5.74) is 6.14. The number of nitrogens with zero attached hydrogens (tertiary/aromatic N) is 1. The molecule has 0 saturated carbocycles. The minimum Gasteiger partial charge on any atom is -0.492 e. The number of rotatable bonds is 5. The highest BCUT2D eigenvalue weighted by atomic mass is 35.5. The molecule has 1 aliphatic heterocycles. The smallest absolute Gasteiger partial charge is 0.119 e. The monoisotopic (exact) mass is 296 g/mol. The quantitative estimate of drug-likeness (QED) is 0.907. The van der Waals surface area contributed by atoms with E-state index in [0.717, 1.165) is 37.0 Å². The summed E-state index contributed by atoms with van der Waals surface area (Å²) in [5.74, 6) is 1.52. The number of piperidine rings is 1. The lowest BCUT2D eigenvalue weighted by atomic mass is 9.81. The van der Waals surface area contributed by atoms with Crippen molar-refractivity contribution in [2.75, 3.05) is 26.2 Å². The molecule has 1 aromatic carbocycles. The van der Waals surface area contributed by atoms with Crippen LogP contribution in [-0.4, -0.2) is 36.7 Å². The summed E-state index contributed by atoms with van der Waals surface area (Å²) in [6.07, 6.45) is 2.37. The predicted octanol–water partition coefficient (Wildman–Crippen LogP) is 3.17. The zero-order chi connectivity index (χ0) is 14.6. The lowest BCUT2D eigenvalue weighted by molar-refractivity contribution is 0.126. The Morgan fingerprint density at radius 3 is 2.40 bits per heavy atom. The van der Waals surface area contributed by atoms with E-state index in [9.17, 15) is 0 Å². The number of nitrogens with two attached hydrogens (primary N) is 1. The van der Waals surface area contributed by atoms with Crippen LogP contribution in [0.2, 0.25) is 5.02 Å². The maximum Gasteiger partial charge on any atom is 0.119 e. The van der Waals surface area contributed by atoms with Gasteiger partial charge in [-0.15, -0.1) is 0 Å². The lowest BCUT2D eigenvalue weighted by Crippen LogP contribution is -2.47. The Labute approximate surface area is 127 Å². The standard InChI is InChI=1S/C16H25ClN2O/c1-16(2,18)13-7-9-19(10-8-13)11-12-20-15-5-3-14(17)4-6-15/h3-6,13H,7-12,18H2,1-2H3. The average molecular weight is 297 g/mol. The summed E-state index contributed by atoms with van der Waals surface area (Å²) in [6, 6.07) is 7.52. The number of hydrogen-bond acceptors (Lipinski definition) is 3. The van der Waals surface area contributed by atoms with Crippen molar-refractivity contribution in [3.8, 4) is 5.75 Å². The predicted molar refractivity (Wildman–Crippen MR) is 84.4 cm³/mol. The summed E-state index contributed by atoms with van der Waals surface area (Å²) in [6.45, 7) is 8.21. The van der Waals surface area contributed by atoms with E-state index in [0.29, 0.717) is 5.92 Å². The molecule has 112 valence electrons. The van der Waals surface area contributed by atoms with E-state index >= 15 is 0 Å². The summed E-state index contributed by atoms with van der Waals surface area (Å²) >= 11 is 5.84. The second-order valence-corrected chi connectivity index (χ2v) is 6.68. The molecule has 2 rings (SSSR count). The zero-order valence-corrected chi connectivity index (χ0v) is 13.2. The molecule has 20 heavy (non-hydrogen) atoms. The van der Waals surface area contributed by atoms with E-state index in [1.165, 1.54) is 12.8 Å². The van der Waals surface area contributed by atoms with Crippen molar-refractivity contribution < 1.29 is 4.74 Å². The summed E-state index contributed by atoms with van der Waals surface area (Å²) < 4.78 is 5.73. The Morgan fingerprint density at radius 1 is 1.25 bits per heavy atom. The highest BCUT2D eigenvalue weighted by molar-refractivity contribution is 6.30. The van der Waals surface area contributed by atoms with E-state index in [1.54, 1.807) is 0 Å². The van der Waals surface area contributed by atoms with E-state index in [1.807, 2.05) is 24.3 Å². The molecule has 0 radical (unpaired) electrons. The van der Waals surface area contributed by atoms with Gasteiger partial charge in [0.1, 0.15) is 12.4 Å². The molecule has 1 heterocycles. The van der Waals surface area contributed by atoms with Gasteiger partial charge in [-0.25, -0.2) is 0 Å². The molecule has 1 aromatic rings. The van der Waals surface area contributed by atoms with Crippen LogP contribution >= 0.6 is 11.6 Å². The fourth-order valence-electron chi connectivity index (χ4n) is 2.72. The van der Waals surface area contributed by atoms with Crippen LogP contribution in [0, 0.1) is 5.92 Å². The van der Waals surface area contributed by atoms with Gasteiger partial charge in [0.25, 0.3) is 0 Å². The van der Waals surface area contributed by atoms with Gasteiger partial charge >= 0.3 is 0 Å². The molecular weight excluding hydrogens is 272 g/mol. The molecule has 3 nitrogen and oxygen atoms in total. The second-order valence-electron chi connectivity index (χ2n) is 6.24. The van der Waals surface area contributed by atoms with E-state index in [4.69, 9.17) is 22.1 Å². The van der Waals surface area contributed by atoms with Crippen molar-refractivity contribution in [2.24, 2.45) is 11.7 Å². The van der Waals surface area contributed by atoms with Gasteiger partial charge in [0.05, 0.1) is 0 Å². The molecule has 0 bridgehead atoms. The largest absolute Gasteiger partial charge is 0.492 e. The Hall–Kier alpha value is -0.770. The molecule has 0 aliphatic carbocycles. The van der Waals surface area contributed by atoms with Crippen molar-refractivity contribution in [3.05, 3.63) is 29.3 Å². The van der Waals surface area contributed by atoms with Gasteiger partial charge in [-0.1, -0.05) is 11.6 Å². The molecule has 1 aliphatic rings. The van der Waals surface area contributed by atoms with Gasteiger partial charge in [0, 0.05) is 17.1 Å². The Balaban J connectivity index is 1.67. The van der Waals surface area contributed by atoms with Crippen LogP contribution in [0.1, 0.15) is 26.7 Å². The van der Waals surface area contributed by atoms with Gasteiger partial charge in [-0.05, 0) is 70.0 Å². The Kier molecular flexibility index (Phi) is 5.30. The first-order valence-corrected chi connectivity index (χ1v) is 7.72. The molecule has 4 heteroatoms. The molecule has 0 spiro atoms. The molecular formula is C16H25ClN2O. The normalized spacial score (nSPS) is 18.2. The van der Waals surface area contributed by atoms with Gasteiger partial charge < -0.3 is 10.5 Å². The zero-order valence-electron chi connectivity index (χ0n) is 12.4. The molecule has 1 fully saturated rings. The molecule has 0 amide bonds. The molecule has 0 unspecified atom stereocenters. The van der Waals surface area contributed by atoms with Crippen LogP contribution in [-0.2, 0) is 0 Å². The molecule has 0 aromatic heterocycles. The van der Waals surface area contributed by atoms with Gasteiger partial charge in [0.2, 0.25) is 0 Å². The van der Waals surface area contributed by atoms with Crippen molar-refractivity contribution in [3.63, 3.8) is 0 Å². The summed E-state index contributed by atoms with van der Waals surface area (Å²) in [5, 5.41) is 0.740. The van der Waals surface area contributed by atoms with Gasteiger partial charge in [-0.2, -0.15) is 0 Å². The number of hydrogen-bond donors (Lipinski definition) is 1. The maximum atomic E-state index is 6.19. The van der Waals surface area contributed by atoms with Crippen molar-refractivity contribution in [1.82, 2.24) is 4.90 Å². The minimum atomic E-state index is -0.0497. The fraction of sp³-hybridized carbons (Fsp3) is 0.625. The van der Waals surface area contributed by atoms with E-state index in [-0.39, 0.29) is 5.54 Å². The van der Waals surface area contributed by atoms with Crippen LogP contribution in [0.25, 0.3) is 0 Å². The van der Waals surface area contributed by atoms with Crippen LogP contribution < -0.4 is 10.5 Å². The highest BCUT2D eigenvalue weighted by Crippen LogP contribution is 2.26. The number of benzene rings is 1. The third-order valence-electron chi connectivity index (χ3n) is 4.13. The SMILES string of the molecule is CC(C)(N)C1CCN(CCOc2ccc(Cl)cc2)CC1. The first kappa shape index (κ1) is 15.6. The Bertz CT molecular complexity index is 405. The number of halogens is 1. The topological polar surface area (TPSA) is 38.5 Å². The summed E-state index contributed by atoms with van der Waals surface area (Å²) in [7, 11) is 0. The fourth-order valence-corrected chi connectivity index (χ4v) is 2.85. The molecule has 1 saturated heterocycles. The minimum absolute atomic E-state index is 0.0497. The highest BCUT2D eigenvalue weighted by Gasteiger charge is 2.28. The maximum absolute atomic E-state index is 6.19. The summed E-state index contributed by atoms with van der Waals surface area (Å²) in [4.78, 5) is 2.46. The first-order chi connectivity index (χ1) is 9.45. The third kappa shape index (κ3) is 4.65. The lowest BCUT2D eigenvalue weighted by Gasteiger charge is -2.38. The van der Waals surface area contributed by atoms with Crippen molar-refractivity contribution >= 4 is 11.6 Å². The molecule has 2 N–H and O–H groups in total. The number of likely N-dealkylation sites (tertiary alicyclic amines) is 1. The van der Waals surface area contributed by atoms with Gasteiger partial charge in [-0.3, -0.25) is 4.90 Å². The second kappa shape index (κ2) is 6.79. The third-order valence-corrected chi connectivity index (χ3v) is 4.38. The average Bonchev–Trinajstić information content (AvgIpc) is 2.41. The van der Waals surface area contributed by atoms with Crippen LogP contribution in [0.3, 0.4) is 0 Å². The van der Waals surface area contributed by atoms with Gasteiger partial charge in [0.15, 0.2) is 0 Å². The van der Waals surface area contributed by atoms with Crippen molar-refractivity contribution in [2.45, 2.75) is 32.2 Å². The Morgan fingerprint density at radius 2 is 1.85 bits per heavy atom. The van der Waals surface area contributed by atoms with E-state index in [2.05, 4.69) is 18.7 Å². The molecule has 0 atom stereocenters.